The Hall–Kier alpha value is -1.19. The Labute approximate surface area is 530 Å². The Morgan fingerprint density at radius 2 is 0.535 bits per heavy atom. The Morgan fingerprint density at radius 3 is 0.558 bits per heavy atom. The predicted octanol–water partition coefficient (Wildman–Crippen LogP) is 31.1. The van der Waals surface area contributed by atoms with Gasteiger partial charge in [-0.05, 0) is 80.4 Å². The van der Waals surface area contributed by atoms with Gasteiger partial charge >= 0.3 is 24.7 Å². The summed E-state index contributed by atoms with van der Waals surface area (Å²) in [5.74, 6) is -5.95. The lowest BCUT2D eigenvalue weighted by atomic mass is 9.94. The lowest BCUT2D eigenvalue weighted by molar-refractivity contribution is -0.171. The molecule has 542 valence electrons. The van der Waals surface area contributed by atoms with Gasteiger partial charge in [0.25, 0.3) is 0 Å². The van der Waals surface area contributed by atoms with E-state index in [4.69, 9.17) is 5.48 Å². The molecule has 0 rings (SSSR count). The lowest BCUT2D eigenvalue weighted by Gasteiger charge is -2.13. The third kappa shape index (κ3) is 160. The summed E-state index contributed by atoms with van der Waals surface area (Å²) in [7, 11) is 0. The molecule has 0 aromatic rings. The summed E-state index contributed by atoms with van der Waals surface area (Å²) in [6.45, 7) is 60.9. The Kier molecular flexibility index (Phi) is 85.9. The zero-order chi connectivity index (χ0) is 76.3. The van der Waals surface area contributed by atoms with Gasteiger partial charge in [-0.25, -0.2) is 17.6 Å². The normalized spacial score (nSPS) is 14.0. The van der Waals surface area contributed by atoms with Crippen molar-refractivity contribution < 1.29 is 80.1 Å². The third-order valence-corrected chi connectivity index (χ3v) is 12.0. The molecule has 0 aromatic heterocycles. The second kappa shape index (κ2) is 71.3. The molecule has 0 saturated heterocycles. The molecule has 0 bridgehead atoms. The highest BCUT2D eigenvalue weighted by atomic mass is 19.4. The van der Waals surface area contributed by atoms with Crippen molar-refractivity contribution in [3.8, 4) is 0 Å². The van der Waals surface area contributed by atoms with Crippen LogP contribution in [0.25, 0.3) is 0 Å². The Balaban J connectivity index is -0.0000000654. The van der Waals surface area contributed by atoms with Gasteiger partial charge in [-0.3, -0.25) is 4.39 Å². The summed E-state index contributed by atoms with van der Waals surface area (Å²) in [6, 6.07) is 0. The van der Waals surface area contributed by atoms with E-state index in [1.54, 1.807) is 20.8 Å². The van der Waals surface area contributed by atoms with Gasteiger partial charge in [0, 0.05) is 18.3 Å². The molecule has 0 nitrogen and oxygen atoms in total. The number of halogens is 17. The highest BCUT2D eigenvalue weighted by Crippen LogP contribution is 2.31. The van der Waals surface area contributed by atoms with E-state index in [9.17, 15) is 74.6 Å². The second-order valence-electron chi connectivity index (χ2n) is 25.2. The minimum atomic E-state index is -4.43. The van der Waals surface area contributed by atoms with Gasteiger partial charge in [-0.15, -0.1) is 0 Å². The van der Waals surface area contributed by atoms with Gasteiger partial charge in [-0.2, -0.15) is 52.7 Å². The van der Waals surface area contributed by atoms with Gasteiger partial charge in [0.2, 0.25) is 11.8 Å². The molecule has 0 N–H and O–H groups in total. The van der Waals surface area contributed by atoms with Crippen LogP contribution in [0, 0.1) is 64.6 Å². The lowest BCUT2D eigenvalue weighted by Crippen LogP contribution is -2.19. The first-order chi connectivity index (χ1) is 39.6. The van der Waals surface area contributed by atoms with E-state index in [1.165, 1.54) is 65.7 Å². The van der Waals surface area contributed by atoms with Crippen LogP contribution in [-0.2, 0) is 0 Å². The first-order valence-electron chi connectivity index (χ1n) is 34.2. The van der Waals surface area contributed by atoms with Crippen LogP contribution in [-0.4, -0.2) is 43.2 Å². The molecule has 0 amide bonds. The minimum Gasteiger partial charge on any atom is -0.251 e. The van der Waals surface area contributed by atoms with Crippen LogP contribution in [0.15, 0.2) is 0 Å². The van der Waals surface area contributed by atoms with Crippen LogP contribution in [0.2, 0.25) is 0 Å². The fourth-order valence-corrected chi connectivity index (χ4v) is 2.98. The molecule has 0 aliphatic rings. The van der Waals surface area contributed by atoms with Crippen molar-refractivity contribution in [2.24, 2.45) is 64.6 Å². The maximum absolute atomic E-state index is 11.8. The van der Waals surface area contributed by atoms with E-state index in [1.807, 2.05) is 13.8 Å². The van der Waals surface area contributed by atoms with E-state index in [-0.39, 0.29) is 38.3 Å². The van der Waals surface area contributed by atoms with Crippen LogP contribution in [0.4, 0.5) is 74.6 Å². The molecule has 0 fully saturated rings. The van der Waals surface area contributed by atoms with Crippen molar-refractivity contribution in [3.63, 3.8) is 0 Å². The number of hydrogen-bond acceptors (Lipinski definition) is 0. The van der Waals surface area contributed by atoms with Crippen LogP contribution in [0.3, 0.4) is 0 Å². The summed E-state index contributed by atoms with van der Waals surface area (Å²) in [5.41, 5.74) is 0.542. The highest BCUT2D eigenvalue weighted by Gasteiger charge is 2.36. The molecular weight excluding hydrogens is 1150 g/mol. The third-order valence-electron chi connectivity index (χ3n) is 12.0. The topological polar surface area (TPSA) is 0 Å². The summed E-state index contributed by atoms with van der Waals surface area (Å²) in [4.78, 5) is 0. The Morgan fingerprint density at radius 1 is 0.302 bits per heavy atom. The van der Waals surface area contributed by atoms with Gasteiger partial charge < -0.3 is 0 Å². The van der Waals surface area contributed by atoms with Gasteiger partial charge in [0.15, 0.2) is 0 Å². The van der Waals surface area contributed by atoms with Crippen molar-refractivity contribution in [1.29, 1.82) is 0 Å². The summed E-state index contributed by atoms with van der Waals surface area (Å²) in [5, 5.41) is 0. The zero-order valence-electron chi connectivity index (χ0n) is 65.7. The van der Waals surface area contributed by atoms with E-state index in [2.05, 4.69) is 132 Å². The van der Waals surface area contributed by atoms with Crippen molar-refractivity contribution in [1.82, 2.24) is 0 Å². The van der Waals surface area contributed by atoms with Crippen molar-refractivity contribution in [3.05, 3.63) is 0 Å². The van der Waals surface area contributed by atoms with Crippen molar-refractivity contribution in [2.75, 3.05) is 6.67 Å². The number of alkyl halides is 17. The number of rotatable bonds is 18. The van der Waals surface area contributed by atoms with Crippen molar-refractivity contribution in [2.45, 2.75) is 381 Å². The molecule has 5 atom stereocenters. The fourth-order valence-electron chi connectivity index (χ4n) is 2.98. The molecule has 86 heavy (non-hydrogen) atoms. The SMILES string of the molecule is CCC(C)(C)C.CCC(C)C.CCC(C)C.CCC(C)C.CCC(C)C.CCC(C)C(F)(F)F.CCC(C)CF.CCCC(C)(F)F.CCCC(C)(F)F.CCCC(C)C.CCCC(C)C(F)(F)F.[2H]C([2H])(C)C(C)C(F)(F)F.[2H]C([2H])(C)CC(C)C(F)(F)F. The first-order valence-corrected chi connectivity index (χ1v) is 32.2. The van der Waals surface area contributed by atoms with Gasteiger partial charge in [-0.1, -0.05) is 292 Å². The molecule has 0 spiro atoms. The smallest absolute Gasteiger partial charge is 0.251 e. The quantitative estimate of drug-likeness (QED) is 0.120. The molecule has 0 aliphatic carbocycles. The van der Waals surface area contributed by atoms with Crippen LogP contribution in [0.1, 0.15) is 349 Å². The standard InChI is InChI=1S/2C6H11F3.2C6H14.2C5H9F3.2C5H10F2.C5H11F.4C5H12/c2*1-3-4-5(2)6(7,8)9;1-5-6(2,3)4;1-4-5-6(2)3;2*1-3-4(2)5(6,7)8;2*1-3-4-5(2,6)7;1-3-5(2)4-6;4*1-4-5(2)3/h2*5H,3-4H2,1-2H3;5H2,1-4H3;6H,4-5H2,1-3H3;2*4H,3H2,1-2H3;2*3-4H2,1-2H3;5H,3-4H2,1-2H3;4*5H,4H2,1-3H3/i3D2;;;;3D2;;;;;;;;. The molecule has 0 heterocycles. The second-order valence-corrected chi connectivity index (χ2v) is 25.2. The first kappa shape index (κ1) is 104. The maximum atomic E-state index is 11.8. The molecule has 0 saturated carbocycles. The largest absolute Gasteiger partial charge is 0.391 e. The minimum absolute atomic E-state index is 0.00694. The average molecular weight is 1300 g/mol. The summed E-state index contributed by atoms with van der Waals surface area (Å²) >= 11 is 0. The predicted molar refractivity (Wildman–Crippen MR) is 348 cm³/mol. The zero-order valence-corrected chi connectivity index (χ0v) is 61.7. The van der Waals surface area contributed by atoms with Crippen molar-refractivity contribution >= 4 is 0 Å². The molecule has 17 heteroatoms. The molecule has 0 radical (unpaired) electrons. The van der Waals surface area contributed by atoms with E-state index in [0.29, 0.717) is 24.7 Å². The Bertz CT molecular complexity index is 1270. The molecule has 0 aliphatic heterocycles. The van der Waals surface area contributed by atoms with E-state index in [0.717, 1.165) is 77.6 Å². The summed E-state index contributed by atoms with van der Waals surface area (Å²) in [6.07, 6.45) is -8.79. The molecule has 0 aromatic carbocycles. The van der Waals surface area contributed by atoms with Crippen LogP contribution < -0.4 is 0 Å². The number of hydrogen-bond donors (Lipinski definition) is 0. The van der Waals surface area contributed by atoms with Gasteiger partial charge in [0.1, 0.15) is 0 Å². The average Bonchev–Trinajstić information content (AvgIpc) is 3.35. The van der Waals surface area contributed by atoms with Crippen LogP contribution in [0.5, 0.6) is 0 Å². The van der Waals surface area contributed by atoms with Gasteiger partial charge in [0.05, 0.1) is 30.3 Å². The maximum Gasteiger partial charge on any atom is 0.391 e. The molecule has 5 unspecified atom stereocenters. The van der Waals surface area contributed by atoms with E-state index >= 15 is 0 Å². The monoisotopic (exact) mass is 1300 g/mol. The van der Waals surface area contributed by atoms with Crippen LogP contribution >= 0.6 is 0 Å². The fraction of sp³-hybridized carbons (Fsp3) is 1.00. The molecular formula is C69H147F17. The summed E-state index contributed by atoms with van der Waals surface area (Å²) < 4.78 is 225. The highest BCUT2D eigenvalue weighted by molar-refractivity contribution is 4.62. The van der Waals surface area contributed by atoms with E-state index < -0.39 is 79.4 Å².